The number of pyridine rings is 2. The maximum absolute atomic E-state index is 10.1. The SMILES string of the molecule is C(=C\c1ccncc1)/c1ccncc1.O=C([O-])c1ccccc1.O=C([O-])c1ccccc1.O=C([O-])c1ccccc1.O=C([O-])c1ccccc1.[Mo+2].[Mo+2]. The maximum Gasteiger partial charge on any atom is 2.00 e. The van der Waals surface area contributed by atoms with Crippen molar-refractivity contribution in [3.05, 3.63) is 204 Å². The minimum atomic E-state index is -1.13. The van der Waals surface area contributed by atoms with Crippen LogP contribution in [-0.4, -0.2) is 33.8 Å². The van der Waals surface area contributed by atoms with E-state index in [-0.39, 0.29) is 64.4 Å². The van der Waals surface area contributed by atoms with Gasteiger partial charge in [0.1, 0.15) is 0 Å². The van der Waals surface area contributed by atoms with Crippen LogP contribution in [0.25, 0.3) is 12.2 Å². The second kappa shape index (κ2) is 27.9. The molecule has 0 aliphatic carbocycles. The molecule has 12 heteroatoms. The van der Waals surface area contributed by atoms with E-state index in [1.807, 2.05) is 24.3 Å². The molecule has 0 unspecified atom stereocenters. The summed E-state index contributed by atoms with van der Waals surface area (Å²) in [4.78, 5) is 48.3. The average molecular weight is 859 g/mol. The van der Waals surface area contributed by atoms with Gasteiger partial charge in [0.15, 0.2) is 0 Å². The molecule has 0 spiro atoms. The predicted octanol–water partition coefficient (Wildman–Crippen LogP) is 2.84. The van der Waals surface area contributed by atoms with Crippen LogP contribution in [0.3, 0.4) is 0 Å². The minimum absolute atomic E-state index is 0. The van der Waals surface area contributed by atoms with E-state index in [0.717, 1.165) is 11.1 Å². The van der Waals surface area contributed by atoms with Gasteiger partial charge in [0.05, 0.1) is 23.9 Å². The van der Waals surface area contributed by atoms with Gasteiger partial charge in [0, 0.05) is 24.8 Å². The topological polar surface area (TPSA) is 186 Å². The molecule has 52 heavy (non-hydrogen) atoms. The monoisotopic (exact) mass is 862 g/mol. The van der Waals surface area contributed by atoms with Crippen LogP contribution in [0.2, 0.25) is 0 Å². The number of nitrogens with zero attached hydrogens (tertiary/aromatic N) is 2. The molecule has 0 aliphatic heterocycles. The Morgan fingerprint density at radius 1 is 0.346 bits per heavy atom. The number of carbonyl (C=O) groups is 4. The van der Waals surface area contributed by atoms with Crippen molar-refractivity contribution >= 4 is 36.0 Å². The Morgan fingerprint density at radius 2 is 0.538 bits per heavy atom. The van der Waals surface area contributed by atoms with Gasteiger partial charge in [-0.2, -0.15) is 0 Å². The molecular weight excluding hydrogens is 828 g/mol. The zero-order valence-electron chi connectivity index (χ0n) is 27.3. The van der Waals surface area contributed by atoms with Gasteiger partial charge in [-0.05, 0) is 57.6 Å². The number of carboxylic acid groups (broad SMARTS) is 4. The van der Waals surface area contributed by atoms with Gasteiger partial charge >= 0.3 is 42.1 Å². The van der Waals surface area contributed by atoms with Crippen LogP contribution < -0.4 is 20.4 Å². The second-order valence-electron chi connectivity index (χ2n) is 9.51. The Labute approximate surface area is 329 Å². The van der Waals surface area contributed by atoms with E-state index in [1.165, 1.54) is 48.5 Å². The van der Waals surface area contributed by atoms with Crippen molar-refractivity contribution in [2.75, 3.05) is 0 Å². The number of hydrogen-bond donors (Lipinski definition) is 0. The maximum atomic E-state index is 10.1. The molecule has 0 N–H and O–H groups in total. The molecule has 6 rings (SSSR count). The molecule has 2 heterocycles. The molecule has 2 aromatic heterocycles. The number of carboxylic acids is 4. The van der Waals surface area contributed by atoms with Crippen LogP contribution in [-0.2, 0) is 42.1 Å². The van der Waals surface area contributed by atoms with Crippen LogP contribution in [0.4, 0.5) is 0 Å². The third-order valence-corrected chi connectivity index (χ3v) is 5.92. The van der Waals surface area contributed by atoms with Crippen molar-refractivity contribution in [3.8, 4) is 0 Å². The number of rotatable bonds is 6. The fraction of sp³-hybridized carbons (Fsp3) is 0. The van der Waals surface area contributed by atoms with Crippen molar-refractivity contribution in [2.24, 2.45) is 0 Å². The second-order valence-corrected chi connectivity index (χ2v) is 9.51. The molecule has 0 saturated carbocycles. The van der Waals surface area contributed by atoms with E-state index in [4.69, 9.17) is 0 Å². The quantitative estimate of drug-likeness (QED) is 0.226. The van der Waals surface area contributed by atoms with Crippen LogP contribution in [0.5, 0.6) is 0 Å². The summed E-state index contributed by atoms with van der Waals surface area (Å²) in [5.74, 6) is -4.52. The first-order valence-corrected chi connectivity index (χ1v) is 14.7. The van der Waals surface area contributed by atoms with Crippen molar-refractivity contribution in [1.29, 1.82) is 0 Å². The molecule has 10 nitrogen and oxygen atoms in total. The summed E-state index contributed by atoms with van der Waals surface area (Å²) in [6.07, 6.45) is 11.2. The molecule has 0 amide bonds. The van der Waals surface area contributed by atoms with Gasteiger partial charge in [-0.3, -0.25) is 9.97 Å². The third-order valence-electron chi connectivity index (χ3n) is 5.92. The molecule has 0 saturated heterocycles. The first-order valence-electron chi connectivity index (χ1n) is 14.7. The van der Waals surface area contributed by atoms with Crippen LogP contribution in [0, 0.1) is 0 Å². The van der Waals surface area contributed by atoms with E-state index in [2.05, 4.69) is 22.1 Å². The fourth-order valence-electron chi connectivity index (χ4n) is 3.44. The smallest absolute Gasteiger partial charge is 0.545 e. The molecule has 0 fully saturated rings. The molecule has 6 aromatic rings. The molecule has 0 radical (unpaired) electrons. The van der Waals surface area contributed by atoms with Crippen molar-refractivity contribution in [2.45, 2.75) is 0 Å². The number of benzene rings is 4. The number of carbonyl (C=O) groups excluding carboxylic acids is 4. The van der Waals surface area contributed by atoms with Crippen molar-refractivity contribution in [1.82, 2.24) is 9.97 Å². The Morgan fingerprint density at radius 3 is 0.692 bits per heavy atom. The molecular formula is C40H30Mo2N2O8. The Bertz CT molecular complexity index is 1650. The normalized spacial score (nSPS) is 9.00. The number of hydrogen-bond acceptors (Lipinski definition) is 10. The largest absolute Gasteiger partial charge is 2.00 e. The summed E-state index contributed by atoms with van der Waals surface area (Å²) >= 11 is 0. The van der Waals surface area contributed by atoms with E-state index < -0.39 is 23.9 Å². The average Bonchev–Trinajstić information content (AvgIpc) is 3.17. The number of aromatic nitrogens is 2. The molecule has 0 atom stereocenters. The summed E-state index contributed by atoms with van der Waals surface area (Å²) in [6.45, 7) is 0. The van der Waals surface area contributed by atoms with Gasteiger partial charge in [-0.1, -0.05) is 133 Å². The van der Waals surface area contributed by atoms with Crippen molar-refractivity contribution < 1.29 is 81.7 Å². The summed E-state index contributed by atoms with van der Waals surface area (Å²) < 4.78 is 0. The zero-order valence-corrected chi connectivity index (χ0v) is 31.3. The van der Waals surface area contributed by atoms with E-state index in [0.29, 0.717) is 0 Å². The summed E-state index contributed by atoms with van der Waals surface area (Å²) in [7, 11) is 0. The minimum Gasteiger partial charge on any atom is -0.545 e. The Kier molecular flexibility index (Phi) is 24.8. The molecule has 260 valence electrons. The summed E-state index contributed by atoms with van der Waals surface area (Å²) in [6, 6.07) is 40.1. The van der Waals surface area contributed by atoms with Gasteiger partial charge in [-0.25, -0.2) is 0 Å². The van der Waals surface area contributed by atoms with Crippen LogP contribution in [0.1, 0.15) is 52.6 Å². The van der Waals surface area contributed by atoms with Gasteiger partial charge in [-0.15, -0.1) is 0 Å². The zero-order chi connectivity index (χ0) is 36.4. The van der Waals surface area contributed by atoms with E-state index >= 15 is 0 Å². The third kappa shape index (κ3) is 20.6. The standard InChI is InChI=1S/C12H10N2.4C7H6O2.2Mo/c1(11-3-7-13-8-4-11)2-12-5-9-14-10-6-12;4*8-7(9)6-4-2-1-3-5-6;;/h1-10H;4*1-5H,(H,8,9);;/q;;;;;2*+2/p-4/b2-1+;;;;;;. The molecule has 0 bridgehead atoms. The Balaban J connectivity index is 0.000000628. The predicted molar refractivity (Wildman–Crippen MR) is 180 cm³/mol. The first kappa shape index (κ1) is 46.2. The van der Waals surface area contributed by atoms with Gasteiger partial charge < -0.3 is 39.6 Å². The number of aromatic carboxylic acids is 4. The molecule has 0 aliphatic rings. The molecule has 4 aromatic carbocycles. The van der Waals surface area contributed by atoms with Crippen LogP contribution in [0.15, 0.2) is 170 Å². The van der Waals surface area contributed by atoms with E-state index in [9.17, 15) is 39.6 Å². The summed E-state index contributed by atoms with van der Waals surface area (Å²) in [5, 5.41) is 40.4. The Hall–Kier alpha value is -5.82. The van der Waals surface area contributed by atoms with Gasteiger partial charge in [0.25, 0.3) is 0 Å². The van der Waals surface area contributed by atoms with E-state index in [1.54, 1.807) is 97.6 Å². The summed E-state index contributed by atoms with van der Waals surface area (Å²) in [5.41, 5.74) is 3.18. The van der Waals surface area contributed by atoms with Crippen molar-refractivity contribution in [3.63, 3.8) is 0 Å². The fourth-order valence-corrected chi connectivity index (χ4v) is 3.44. The van der Waals surface area contributed by atoms with Gasteiger partial charge in [0.2, 0.25) is 0 Å². The first-order chi connectivity index (χ1) is 24.2. The van der Waals surface area contributed by atoms with Crippen LogP contribution >= 0.6 is 0 Å².